The van der Waals surface area contributed by atoms with E-state index in [1.54, 1.807) is 0 Å². The molecule has 3 aromatic carbocycles. The van der Waals surface area contributed by atoms with Gasteiger partial charge in [-0.25, -0.2) is 0 Å². The SMILES string of the molecule is Cc1cc(OCC2=CCCC=C2)cc(C)c1-c1cccc(COc2ccc3c(c2)OCC3CC(=O)OC#N)c1. The standard InChI is InChI=1S/C33H31NO5/c1-22-13-29(37-18-24-7-4-3-5-8-24)14-23(2)33(22)26-10-6-9-25(15-26)19-36-28-11-12-30-27(16-32(35)39-21-34)20-38-31(30)17-28/h4,6-15,17,27H,3,5,16,18-20H2,1-2H3. The third-order valence-corrected chi connectivity index (χ3v) is 7.04. The topological polar surface area (TPSA) is 77.8 Å². The molecule has 1 aliphatic heterocycles. The zero-order valence-electron chi connectivity index (χ0n) is 22.2. The lowest BCUT2D eigenvalue weighted by Crippen LogP contribution is -2.09. The maximum atomic E-state index is 11.7. The van der Waals surface area contributed by atoms with Gasteiger partial charge in [-0.3, -0.25) is 4.79 Å². The van der Waals surface area contributed by atoms with Crippen molar-refractivity contribution in [2.24, 2.45) is 0 Å². The number of hydrogen-bond donors (Lipinski definition) is 0. The Morgan fingerprint density at radius 1 is 1.00 bits per heavy atom. The molecule has 6 nitrogen and oxygen atoms in total. The van der Waals surface area contributed by atoms with Crippen LogP contribution in [0.15, 0.2) is 78.4 Å². The Morgan fingerprint density at radius 2 is 1.82 bits per heavy atom. The number of esters is 1. The summed E-state index contributed by atoms with van der Waals surface area (Å²) < 4.78 is 22.3. The van der Waals surface area contributed by atoms with E-state index in [4.69, 9.17) is 19.5 Å². The Kier molecular flexibility index (Phi) is 7.98. The molecule has 0 N–H and O–H groups in total. The second-order valence-electron chi connectivity index (χ2n) is 9.95. The predicted octanol–water partition coefficient (Wildman–Crippen LogP) is 7.10. The van der Waals surface area contributed by atoms with Crippen LogP contribution >= 0.6 is 0 Å². The van der Waals surface area contributed by atoms with Crippen LogP contribution < -0.4 is 14.2 Å². The Balaban J connectivity index is 1.24. The van der Waals surface area contributed by atoms with Crippen molar-refractivity contribution in [1.29, 1.82) is 5.26 Å². The second kappa shape index (κ2) is 11.9. The number of hydrogen-bond acceptors (Lipinski definition) is 6. The van der Waals surface area contributed by atoms with Crippen molar-refractivity contribution in [2.75, 3.05) is 13.2 Å². The second-order valence-corrected chi connectivity index (χ2v) is 9.95. The van der Waals surface area contributed by atoms with E-state index in [1.807, 2.05) is 18.2 Å². The molecule has 1 atom stereocenters. The fourth-order valence-electron chi connectivity index (χ4n) is 5.20. The number of benzene rings is 3. The van der Waals surface area contributed by atoms with Crippen molar-refractivity contribution in [1.82, 2.24) is 0 Å². The first-order valence-electron chi connectivity index (χ1n) is 13.2. The number of ether oxygens (including phenoxy) is 4. The Labute approximate surface area is 229 Å². The summed E-state index contributed by atoms with van der Waals surface area (Å²) in [6.07, 6.45) is 10.3. The highest BCUT2D eigenvalue weighted by Gasteiger charge is 2.27. The number of allylic oxidation sites excluding steroid dienone is 2. The summed E-state index contributed by atoms with van der Waals surface area (Å²) in [5.74, 6) is 1.59. The molecular weight excluding hydrogens is 490 g/mol. The largest absolute Gasteiger partial charge is 0.492 e. The minimum absolute atomic E-state index is 0.106. The zero-order chi connectivity index (χ0) is 27.2. The summed E-state index contributed by atoms with van der Waals surface area (Å²) in [5.41, 5.74) is 7.88. The van der Waals surface area contributed by atoms with Crippen LogP contribution in [-0.4, -0.2) is 19.2 Å². The quantitative estimate of drug-likeness (QED) is 0.221. The van der Waals surface area contributed by atoms with Gasteiger partial charge >= 0.3 is 5.97 Å². The van der Waals surface area contributed by atoms with E-state index in [2.05, 4.69) is 73.2 Å². The van der Waals surface area contributed by atoms with Crippen LogP contribution in [0.4, 0.5) is 0 Å². The van der Waals surface area contributed by atoms with Crippen molar-refractivity contribution < 1.29 is 23.7 Å². The first-order valence-corrected chi connectivity index (χ1v) is 13.2. The van der Waals surface area contributed by atoms with Crippen molar-refractivity contribution >= 4 is 5.97 Å². The van der Waals surface area contributed by atoms with Gasteiger partial charge in [0.25, 0.3) is 6.26 Å². The highest BCUT2D eigenvalue weighted by Crippen LogP contribution is 2.39. The summed E-state index contributed by atoms with van der Waals surface area (Å²) >= 11 is 0. The zero-order valence-corrected chi connectivity index (χ0v) is 22.2. The summed E-state index contributed by atoms with van der Waals surface area (Å²) in [7, 11) is 0. The van der Waals surface area contributed by atoms with Crippen LogP contribution in [0, 0.1) is 25.4 Å². The van der Waals surface area contributed by atoms with Gasteiger partial charge in [0.2, 0.25) is 0 Å². The number of fused-ring (bicyclic) bond motifs is 1. The number of aryl methyl sites for hydroxylation is 2. The van der Waals surface area contributed by atoms with Gasteiger partial charge in [0.05, 0.1) is 13.0 Å². The molecule has 0 amide bonds. The van der Waals surface area contributed by atoms with Gasteiger partial charge in [-0.2, -0.15) is 0 Å². The molecule has 2 aliphatic rings. The monoisotopic (exact) mass is 521 g/mol. The molecule has 0 aromatic heterocycles. The van der Waals surface area contributed by atoms with E-state index < -0.39 is 5.97 Å². The molecule has 3 aromatic rings. The number of rotatable bonds is 9. The maximum Gasteiger partial charge on any atom is 0.322 e. The molecule has 0 spiro atoms. The molecule has 39 heavy (non-hydrogen) atoms. The number of nitriles is 1. The fraction of sp³-hybridized carbons (Fsp3) is 0.273. The van der Waals surface area contributed by atoms with Crippen LogP contribution in [0.1, 0.15) is 47.4 Å². The predicted molar refractivity (Wildman–Crippen MR) is 149 cm³/mol. The van der Waals surface area contributed by atoms with Crippen LogP contribution in [-0.2, 0) is 16.1 Å². The average Bonchev–Trinajstić information content (AvgIpc) is 3.33. The Morgan fingerprint density at radius 3 is 2.59 bits per heavy atom. The van der Waals surface area contributed by atoms with E-state index in [9.17, 15) is 4.79 Å². The number of carbonyl (C=O) groups is 1. The maximum absolute atomic E-state index is 11.7. The van der Waals surface area contributed by atoms with E-state index >= 15 is 0 Å². The normalized spacial score (nSPS) is 15.5. The van der Waals surface area contributed by atoms with Gasteiger partial charge in [0.15, 0.2) is 0 Å². The molecule has 0 radical (unpaired) electrons. The van der Waals surface area contributed by atoms with E-state index in [1.165, 1.54) is 28.5 Å². The fourth-order valence-corrected chi connectivity index (χ4v) is 5.20. The molecule has 6 heteroatoms. The summed E-state index contributed by atoms with van der Waals surface area (Å²) in [6.45, 7) is 5.61. The van der Waals surface area contributed by atoms with Gasteiger partial charge in [-0.1, -0.05) is 42.5 Å². The van der Waals surface area contributed by atoms with Crippen LogP contribution in [0.25, 0.3) is 11.1 Å². The highest BCUT2D eigenvalue weighted by atomic mass is 16.5. The van der Waals surface area contributed by atoms with Crippen molar-refractivity contribution in [2.45, 2.75) is 45.6 Å². The van der Waals surface area contributed by atoms with Crippen LogP contribution in [0.3, 0.4) is 0 Å². The lowest BCUT2D eigenvalue weighted by atomic mass is 9.94. The van der Waals surface area contributed by atoms with Crippen molar-refractivity contribution in [3.05, 3.63) is 101 Å². The molecule has 1 aliphatic carbocycles. The molecule has 0 fully saturated rings. The minimum Gasteiger partial charge on any atom is -0.492 e. The van der Waals surface area contributed by atoms with E-state index in [0.29, 0.717) is 31.3 Å². The first kappa shape index (κ1) is 26.1. The first-order chi connectivity index (χ1) is 19.0. The number of nitrogens with zero attached hydrogens (tertiary/aromatic N) is 1. The van der Waals surface area contributed by atoms with Crippen molar-refractivity contribution in [3.63, 3.8) is 0 Å². The van der Waals surface area contributed by atoms with E-state index in [-0.39, 0.29) is 12.3 Å². The smallest absolute Gasteiger partial charge is 0.322 e. The molecule has 5 rings (SSSR count). The molecule has 198 valence electrons. The lowest BCUT2D eigenvalue weighted by Gasteiger charge is -2.16. The van der Waals surface area contributed by atoms with Gasteiger partial charge in [-0.05, 0) is 84.3 Å². The van der Waals surface area contributed by atoms with Gasteiger partial charge in [0.1, 0.15) is 30.5 Å². The minimum atomic E-state index is -0.554. The average molecular weight is 522 g/mol. The lowest BCUT2D eigenvalue weighted by molar-refractivity contribution is -0.137. The number of carbonyl (C=O) groups excluding carboxylic acids is 1. The Hall–Kier alpha value is -4.50. The Bertz CT molecular complexity index is 1460. The third-order valence-electron chi connectivity index (χ3n) is 7.04. The molecule has 1 unspecified atom stereocenters. The molecular formula is C33H31NO5. The highest BCUT2D eigenvalue weighted by molar-refractivity contribution is 5.73. The van der Waals surface area contributed by atoms with Gasteiger partial charge in [-0.15, -0.1) is 5.26 Å². The summed E-state index contributed by atoms with van der Waals surface area (Å²) in [5, 5.41) is 8.53. The van der Waals surface area contributed by atoms with E-state index in [0.717, 1.165) is 35.3 Å². The van der Waals surface area contributed by atoms with Gasteiger partial charge < -0.3 is 18.9 Å². The van der Waals surface area contributed by atoms with Crippen molar-refractivity contribution in [3.8, 4) is 34.6 Å². The van der Waals surface area contributed by atoms with Crippen LogP contribution in [0.5, 0.6) is 17.2 Å². The molecule has 0 saturated heterocycles. The van der Waals surface area contributed by atoms with Crippen LogP contribution in [0.2, 0.25) is 0 Å². The summed E-state index contributed by atoms with van der Waals surface area (Å²) in [4.78, 5) is 11.7. The molecule has 0 bridgehead atoms. The van der Waals surface area contributed by atoms with Gasteiger partial charge in [0, 0.05) is 17.5 Å². The summed E-state index contributed by atoms with van der Waals surface area (Å²) in [6, 6.07) is 18.2. The molecule has 1 heterocycles. The third kappa shape index (κ3) is 6.32. The molecule has 0 saturated carbocycles.